The molecule has 314 valence electrons. The van der Waals surface area contributed by atoms with Crippen LogP contribution in [-0.4, -0.2) is 19.3 Å². The van der Waals surface area contributed by atoms with Crippen LogP contribution in [0.15, 0.2) is 247 Å². The molecule has 13 rings (SSSR count). The Hall–Kier alpha value is -9.06. The van der Waals surface area contributed by atoms with Crippen LogP contribution in [0, 0.1) is 0 Å². The van der Waals surface area contributed by atoms with E-state index in [0.29, 0.717) is 11.8 Å². The lowest BCUT2D eigenvalue weighted by Crippen LogP contribution is -1.97. The third kappa shape index (κ3) is 6.64. The molecule has 0 amide bonds. The summed E-state index contributed by atoms with van der Waals surface area (Å²) in [6, 6.07) is 86.3. The molecule has 5 heteroatoms. The van der Waals surface area contributed by atoms with E-state index < -0.39 is 0 Å². The normalized spacial score (nSPS) is 11.6. The summed E-state index contributed by atoms with van der Waals surface area (Å²) in [6.07, 6.45) is 0. The lowest BCUT2D eigenvalue weighted by Gasteiger charge is -2.15. The Balaban J connectivity index is 0.984. The molecule has 0 radical (unpaired) electrons. The maximum atomic E-state index is 6.81. The van der Waals surface area contributed by atoms with Gasteiger partial charge in [0.05, 0.1) is 27.6 Å². The number of benzene rings is 10. The number of para-hydroxylation sites is 3. The first-order valence-corrected chi connectivity index (χ1v) is 22.6. The molecule has 67 heavy (non-hydrogen) atoms. The molecular weight excluding hydrogens is 817 g/mol. The minimum Gasteiger partial charge on any atom is -0.416 e. The molecule has 3 heterocycles. The fourth-order valence-electron chi connectivity index (χ4n) is 9.96. The van der Waals surface area contributed by atoms with E-state index in [2.05, 4.69) is 252 Å². The van der Waals surface area contributed by atoms with Crippen LogP contribution < -0.4 is 0 Å². The smallest absolute Gasteiger partial charge is 0.250 e. The molecule has 10 aromatic carbocycles. The van der Waals surface area contributed by atoms with E-state index >= 15 is 0 Å². The van der Waals surface area contributed by atoms with Crippen LogP contribution in [0.5, 0.6) is 0 Å². The van der Waals surface area contributed by atoms with Gasteiger partial charge in [0.15, 0.2) is 0 Å². The van der Waals surface area contributed by atoms with Gasteiger partial charge in [-0.1, -0.05) is 176 Å². The Morgan fingerprint density at radius 1 is 0.269 bits per heavy atom. The van der Waals surface area contributed by atoms with Gasteiger partial charge < -0.3 is 13.6 Å². The van der Waals surface area contributed by atoms with Crippen LogP contribution in [0.2, 0.25) is 0 Å². The van der Waals surface area contributed by atoms with Crippen molar-refractivity contribution in [3.05, 3.63) is 243 Å². The van der Waals surface area contributed by atoms with Gasteiger partial charge in [0.2, 0.25) is 11.8 Å². The highest BCUT2D eigenvalue weighted by Gasteiger charge is 2.22. The van der Waals surface area contributed by atoms with E-state index in [1.807, 2.05) is 0 Å². The highest BCUT2D eigenvalue weighted by molar-refractivity contribution is 6.14. The molecule has 0 aliphatic heterocycles. The average Bonchev–Trinajstić information content (AvgIpc) is 4.13. The third-order valence-corrected chi connectivity index (χ3v) is 13.1. The molecule has 0 atom stereocenters. The Kier molecular flexibility index (Phi) is 9.10. The second-order valence-corrected chi connectivity index (χ2v) is 17.1. The first-order valence-electron chi connectivity index (χ1n) is 22.6. The third-order valence-electron chi connectivity index (χ3n) is 13.1. The predicted octanol–water partition coefficient (Wildman–Crippen LogP) is 16.3. The summed E-state index contributed by atoms with van der Waals surface area (Å²) in [5, 5.41) is 14.2. The predicted molar refractivity (Wildman–Crippen MR) is 276 cm³/mol. The zero-order valence-corrected chi connectivity index (χ0v) is 36.3. The van der Waals surface area contributed by atoms with Gasteiger partial charge in [-0.2, -0.15) is 0 Å². The Morgan fingerprint density at radius 2 is 0.687 bits per heavy atom. The van der Waals surface area contributed by atoms with Crippen LogP contribution >= 0.6 is 0 Å². The van der Waals surface area contributed by atoms with Crippen molar-refractivity contribution in [2.24, 2.45) is 0 Å². The molecule has 0 aliphatic rings. The van der Waals surface area contributed by atoms with Crippen molar-refractivity contribution in [1.82, 2.24) is 19.3 Å². The number of aromatic nitrogens is 4. The fourth-order valence-corrected chi connectivity index (χ4v) is 9.96. The molecule has 13 aromatic rings. The van der Waals surface area contributed by atoms with Crippen LogP contribution in [0.4, 0.5) is 0 Å². The molecule has 0 fully saturated rings. The second kappa shape index (κ2) is 15.9. The summed E-state index contributed by atoms with van der Waals surface area (Å²) >= 11 is 0. The summed E-state index contributed by atoms with van der Waals surface area (Å²) in [6.45, 7) is 0. The van der Waals surface area contributed by atoms with E-state index in [0.717, 1.165) is 105 Å². The van der Waals surface area contributed by atoms with Crippen molar-refractivity contribution >= 4 is 43.6 Å². The molecule has 0 saturated carbocycles. The summed E-state index contributed by atoms with van der Waals surface area (Å²) in [4.78, 5) is 0. The van der Waals surface area contributed by atoms with Gasteiger partial charge in [0.1, 0.15) is 0 Å². The van der Waals surface area contributed by atoms with Crippen molar-refractivity contribution in [1.29, 1.82) is 0 Å². The lowest BCUT2D eigenvalue weighted by molar-refractivity contribution is 0.585. The molecule has 0 saturated heterocycles. The van der Waals surface area contributed by atoms with Gasteiger partial charge in [-0.05, 0) is 111 Å². The number of rotatable bonds is 8. The zero-order chi connectivity index (χ0) is 44.3. The van der Waals surface area contributed by atoms with Crippen molar-refractivity contribution in [2.45, 2.75) is 0 Å². The van der Waals surface area contributed by atoms with E-state index in [-0.39, 0.29) is 0 Å². The van der Waals surface area contributed by atoms with E-state index in [1.165, 1.54) is 5.39 Å². The van der Waals surface area contributed by atoms with Gasteiger partial charge >= 0.3 is 0 Å². The van der Waals surface area contributed by atoms with Crippen molar-refractivity contribution in [2.75, 3.05) is 0 Å². The summed E-state index contributed by atoms with van der Waals surface area (Å²) in [5.41, 5.74) is 17.3. The first-order chi connectivity index (χ1) is 33.2. The van der Waals surface area contributed by atoms with Gasteiger partial charge in [-0.3, -0.25) is 0 Å². The Morgan fingerprint density at radius 3 is 1.22 bits per heavy atom. The summed E-state index contributed by atoms with van der Waals surface area (Å²) < 4.78 is 11.5. The van der Waals surface area contributed by atoms with Crippen LogP contribution in [0.1, 0.15) is 0 Å². The molecule has 0 unspecified atom stereocenters. The highest BCUT2D eigenvalue weighted by atomic mass is 16.4. The molecule has 0 spiro atoms. The fraction of sp³-hybridized carbons (Fsp3) is 0. The molecular formula is C62H40N4O. The molecule has 0 aliphatic carbocycles. The lowest BCUT2D eigenvalue weighted by atomic mass is 9.98. The summed E-state index contributed by atoms with van der Waals surface area (Å²) in [7, 11) is 0. The monoisotopic (exact) mass is 856 g/mol. The van der Waals surface area contributed by atoms with Crippen LogP contribution in [0.25, 0.3) is 122 Å². The van der Waals surface area contributed by atoms with Gasteiger partial charge in [-0.25, -0.2) is 0 Å². The number of nitrogens with zero attached hydrogens (tertiary/aromatic N) is 4. The van der Waals surface area contributed by atoms with Gasteiger partial charge in [0.25, 0.3) is 0 Å². The van der Waals surface area contributed by atoms with Crippen LogP contribution in [0.3, 0.4) is 0 Å². The molecule has 0 bridgehead atoms. The van der Waals surface area contributed by atoms with Gasteiger partial charge in [-0.15, -0.1) is 10.2 Å². The van der Waals surface area contributed by atoms with Crippen LogP contribution in [-0.2, 0) is 0 Å². The second-order valence-electron chi connectivity index (χ2n) is 17.1. The minimum atomic E-state index is 0.453. The maximum absolute atomic E-state index is 6.81. The largest absolute Gasteiger partial charge is 0.416 e. The van der Waals surface area contributed by atoms with E-state index in [4.69, 9.17) is 14.6 Å². The number of fused-ring (bicyclic) bond motifs is 6. The molecule has 0 N–H and O–H groups in total. The standard InChI is InChI=1S/C62H40N4O/c1-5-18-41(19-6-1)46-34-47(42-20-7-2-8-21-42)37-50(36-46)65-57-30-15-13-26-52(57)54-33-32-45(40-59(54)65)61-63-64-62(67-61)56-29-17-28-55-53-27-14-16-31-58(53)66(60(55)56)51-38-48(43-22-9-3-10-23-43)35-49(39-51)44-24-11-4-12-25-44/h1-40H. The van der Waals surface area contributed by atoms with E-state index in [1.54, 1.807) is 0 Å². The van der Waals surface area contributed by atoms with Crippen molar-refractivity contribution < 1.29 is 4.42 Å². The van der Waals surface area contributed by atoms with Crippen molar-refractivity contribution in [3.63, 3.8) is 0 Å². The topological polar surface area (TPSA) is 48.8 Å². The zero-order valence-electron chi connectivity index (χ0n) is 36.3. The Labute approximate surface area is 387 Å². The number of hydrogen-bond donors (Lipinski definition) is 0. The minimum absolute atomic E-state index is 0.453. The maximum Gasteiger partial charge on any atom is 0.250 e. The van der Waals surface area contributed by atoms with Crippen molar-refractivity contribution in [3.8, 4) is 78.8 Å². The summed E-state index contributed by atoms with van der Waals surface area (Å²) in [5.74, 6) is 0.907. The highest BCUT2D eigenvalue weighted by Crippen LogP contribution is 2.42. The van der Waals surface area contributed by atoms with E-state index in [9.17, 15) is 0 Å². The molecule has 3 aromatic heterocycles. The molecule has 5 nitrogen and oxygen atoms in total. The quantitative estimate of drug-likeness (QED) is 0.153. The average molecular weight is 857 g/mol. The first kappa shape index (κ1) is 38.4. The van der Waals surface area contributed by atoms with Gasteiger partial charge in [0, 0.05) is 38.5 Å². The number of hydrogen-bond acceptors (Lipinski definition) is 3. The Bertz CT molecular complexity index is 3850. The SMILES string of the molecule is c1ccc(-c2cc(-c3ccccc3)cc(-n3c4ccccc4c4ccc(-c5nnc(-c6cccc7c8ccccc8n(-c8cc(-c9ccccc9)cc(-c9ccccc9)c8)c67)o5)cc43)c2)cc1.